The number of aliphatic hydroxyl groups is 2. The highest BCUT2D eigenvalue weighted by Crippen LogP contribution is 2.40. The second kappa shape index (κ2) is 8.02. The van der Waals surface area contributed by atoms with E-state index in [9.17, 15) is 15.0 Å². The third kappa shape index (κ3) is 3.97. The molecule has 1 atom stereocenters. The highest BCUT2D eigenvalue weighted by molar-refractivity contribution is 6.04. The number of aliphatic hydroxyl groups excluding tert-OH is 2. The first-order valence-electron chi connectivity index (χ1n) is 8.86. The normalized spacial score (nSPS) is 18.9. The topological polar surface area (TPSA) is 66.8 Å². The number of allylic oxidation sites excluding steroid dienone is 5. The zero-order valence-corrected chi connectivity index (χ0v) is 16.2. The molecule has 0 saturated carbocycles. The standard InChI is InChI=1S/C22H28O4/c1-6-7-8-9-16-15(11-10-14(2)3)12-17-19(24)21(25)22(4,5)26-20(17)18(16)13-23/h6-10,12,21,23,25H,11,13H2,1-5H3/b7-6+,9-8+. The quantitative estimate of drug-likeness (QED) is 0.618. The lowest BCUT2D eigenvalue weighted by molar-refractivity contribution is -0.0260. The van der Waals surface area contributed by atoms with Crippen molar-refractivity contribution in [2.75, 3.05) is 0 Å². The van der Waals surface area contributed by atoms with Crippen molar-refractivity contribution in [3.63, 3.8) is 0 Å². The zero-order valence-electron chi connectivity index (χ0n) is 16.2. The number of carbonyl (C=O) groups is 1. The second-order valence-corrected chi connectivity index (χ2v) is 7.31. The van der Waals surface area contributed by atoms with E-state index in [1.165, 1.54) is 5.57 Å². The molecule has 0 radical (unpaired) electrons. The van der Waals surface area contributed by atoms with Gasteiger partial charge in [-0.15, -0.1) is 0 Å². The van der Waals surface area contributed by atoms with Crippen molar-refractivity contribution in [1.82, 2.24) is 0 Å². The summed E-state index contributed by atoms with van der Waals surface area (Å²) in [7, 11) is 0. The molecule has 0 spiro atoms. The lowest BCUT2D eigenvalue weighted by Gasteiger charge is -2.37. The largest absolute Gasteiger partial charge is 0.483 e. The van der Waals surface area contributed by atoms with Gasteiger partial charge in [-0.05, 0) is 58.2 Å². The fourth-order valence-electron chi connectivity index (χ4n) is 2.99. The lowest BCUT2D eigenvalue weighted by Crippen LogP contribution is -2.50. The minimum absolute atomic E-state index is 0.250. The first kappa shape index (κ1) is 20.1. The van der Waals surface area contributed by atoms with E-state index >= 15 is 0 Å². The van der Waals surface area contributed by atoms with Crippen LogP contribution in [0.1, 0.15) is 61.7 Å². The van der Waals surface area contributed by atoms with E-state index in [-0.39, 0.29) is 12.4 Å². The smallest absolute Gasteiger partial charge is 0.199 e. The predicted molar refractivity (Wildman–Crippen MR) is 104 cm³/mol. The number of ketones is 1. The van der Waals surface area contributed by atoms with E-state index in [0.29, 0.717) is 23.3 Å². The Hall–Kier alpha value is -2.17. The van der Waals surface area contributed by atoms with Gasteiger partial charge in [-0.25, -0.2) is 0 Å². The van der Waals surface area contributed by atoms with Crippen LogP contribution in [-0.4, -0.2) is 27.7 Å². The Labute approximate surface area is 155 Å². The Balaban J connectivity index is 2.73. The van der Waals surface area contributed by atoms with Crippen molar-refractivity contribution < 1.29 is 19.7 Å². The maximum atomic E-state index is 12.7. The van der Waals surface area contributed by atoms with Gasteiger partial charge >= 0.3 is 0 Å². The van der Waals surface area contributed by atoms with Crippen LogP contribution in [-0.2, 0) is 13.0 Å². The summed E-state index contributed by atoms with van der Waals surface area (Å²) < 4.78 is 5.95. The van der Waals surface area contributed by atoms with Crippen molar-refractivity contribution in [3.8, 4) is 5.75 Å². The van der Waals surface area contributed by atoms with Crippen molar-refractivity contribution in [2.24, 2.45) is 0 Å². The lowest BCUT2D eigenvalue weighted by atomic mass is 9.85. The SMILES string of the molecule is C/C=C/C=C/c1c(CC=C(C)C)cc2c(c1CO)OC(C)(C)C(O)C2=O. The third-order valence-corrected chi connectivity index (χ3v) is 4.50. The second-order valence-electron chi connectivity index (χ2n) is 7.31. The molecule has 1 aliphatic rings. The highest BCUT2D eigenvalue weighted by Gasteiger charge is 2.43. The Morgan fingerprint density at radius 1 is 1.31 bits per heavy atom. The summed E-state index contributed by atoms with van der Waals surface area (Å²) in [5.74, 6) is 0.00209. The van der Waals surface area contributed by atoms with Gasteiger partial charge in [0.1, 0.15) is 11.4 Å². The molecule has 0 saturated heterocycles. The van der Waals surface area contributed by atoms with Gasteiger partial charge in [-0.3, -0.25) is 4.79 Å². The molecule has 0 aliphatic carbocycles. The number of rotatable bonds is 5. The predicted octanol–water partition coefficient (Wildman–Crippen LogP) is 3.99. The Bertz CT molecular complexity index is 778. The molecule has 0 amide bonds. The third-order valence-electron chi connectivity index (χ3n) is 4.50. The number of benzene rings is 1. The fraction of sp³-hybridized carbons (Fsp3) is 0.409. The molecular formula is C22H28O4. The van der Waals surface area contributed by atoms with Crippen LogP contribution in [0.15, 0.2) is 35.9 Å². The van der Waals surface area contributed by atoms with Crippen LogP contribution in [0.25, 0.3) is 6.08 Å². The van der Waals surface area contributed by atoms with E-state index in [1.807, 2.05) is 45.1 Å². The summed E-state index contributed by atoms with van der Waals surface area (Å²) in [6.07, 6.45) is 9.12. The minimum atomic E-state index is -1.23. The molecule has 0 aromatic heterocycles. The van der Waals surface area contributed by atoms with E-state index < -0.39 is 11.7 Å². The van der Waals surface area contributed by atoms with E-state index in [1.54, 1.807) is 19.9 Å². The average Bonchev–Trinajstić information content (AvgIpc) is 2.58. The molecule has 26 heavy (non-hydrogen) atoms. The van der Waals surface area contributed by atoms with Crippen molar-refractivity contribution in [2.45, 2.75) is 59.4 Å². The zero-order chi connectivity index (χ0) is 19.5. The highest BCUT2D eigenvalue weighted by atomic mass is 16.5. The summed E-state index contributed by atoms with van der Waals surface area (Å²) in [5, 5.41) is 20.3. The number of carbonyl (C=O) groups excluding carboxylic acids is 1. The van der Waals surface area contributed by atoms with Gasteiger partial charge in [0, 0.05) is 5.56 Å². The molecule has 2 N–H and O–H groups in total. The van der Waals surface area contributed by atoms with Crippen molar-refractivity contribution in [3.05, 3.63) is 58.2 Å². The summed E-state index contributed by atoms with van der Waals surface area (Å²) in [6, 6.07) is 1.78. The van der Waals surface area contributed by atoms with Gasteiger partial charge in [-0.1, -0.05) is 36.0 Å². The maximum absolute atomic E-state index is 12.7. The molecule has 1 aromatic rings. The van der Waals surface area contributed by atoms with Crippen LogP contribution in [0.4, 0.5) is 0 Å². The number of hydrogen-bond acceptors (Lipinski definition) is 4. The van der Waals surface area contributed by atoms with Gasteiger partial charge in [0.05, 0.1) is 12.2 Å². The molecule has 4 heteroatoms. The molecule has 1 aromatic carbocycles. The van der Waals surface area contributed by atoms with Crippen LogP contribution in [0.5, 0.6) is 5.75 Å². The number of ether oxygens (including phenoxy) is 1. The molecule has 2 rings (SSSR count). The minimum Gasteiger partial charge on any atom is -0.483 e. The van der Waals surface area contributed by atoms with Crippen LogP contribution in [0.3, 0.4) is 0 Å². The summed E-state index contributed by atoms with van der Waals surface area (Å²) in [6.45, 7) is 9.06. The van der Waals surface area contributed by atoms with Crippen molar-refractivity contribution >= 4 is 11.9 Å². The Morgan fingerprint density at radius 3 is 2.58 bits per heavy atom. The summed E-state index contributed by atoms with van der Waals surface area (Å²) >= 11 is 0. The summed E-state index contributed by atoms with van der Waals surface area (Å²) in [5.41, 5.74) is 2.80. The van der Waals surface area contributed by atoms with Gasteiger partial charge in [0.25, 0.3) is 0 Å². The van der Waals surface area contributed by atoms with Gasteiger partial charge in [0.2, 0.25) is 0 Å². The van der Waals surface area contributed by atoms with Crippen LogP contribution < -0.4 is 4.74 Å². The van der Waals surface area contributed by atoms with Crippen LogP contribution in [0, 0.1) is 0 Å². The van der Waals surface area contributed by atoms with Crippen molar-refractivity contribution in [1.29, 1.82) is 0 Å². The van der Waals surface area contributed by atoms with Gasteiger partial charge < -0.3 is 14.9 Å². The van der Waals surface area contributed by atoms with E-state index in [0.717, 1.165) is 11.1 Å². The molecule has 0 bridgehead atoms. The van der Waals surface area contributed by atoms with E-state index in [2.05, 4.69) is 6.08 Å². The van der Waals surface area contributed by atoms with Crippen LogP contribution >= 0.6 is 0 Å². The number of fused-ring (bicyclic) bond motifs is 1. The van der Waals surface area contributed by atoms with Gasteiger partial charge in [-0.2, -0.15) is 0 Å². The van der Waals surface area contributed by atoms with Gasteiger partial charge in [0.15, 0.2) is 11.9 Å². The molecule has 4 nitrogen and oxygen atoms in total. The van der Waals surface area contributed by atoms with E-state index in [4.69, 9.17) is 4.74 Å². The molecular weight excluding hydrogens is 328 g/mol. The Morgan fingerprint density at radius 2 is 2.00 bits per heavy atom. The molecule has 0 fully saturated rings. The fourth-order valence-corrected chi connectivity index (χ4v) is 2.99. The Kier molecular flexibility index (Phi) is 6.21. The monoisotopic (exact) mass is 356 g/mol. The first-order chi connectivity index (χ1) is 12.2. The number of hydrogen-bond donors (Lipinski definition) is 2. The summed E-state index contributed by atoms with van der Waals surface area (Å²) in [4.78, 5) is 12.7. The van der Waals surface area contributed by atoms with Crippen LogP contribution in [0.2, 0.25) is 0 Å². The molecule has 1 aliphatic heterocycles. The average molecular weight is 356 g/mol. The maximum Gasteiger partial charge on any atom is 0.199 e. The molecule has 140 valence electrons. The number of Topliss-reactive ketones (excluding diaryl/α,β-unsaturated/α-hetero) is 1. The molecule has 1 unspecified atom stereocenters. The molecule has 1 heterocycles. The first-order valence-corrected chi connectivity index (χ1v) is 8.86.